The van der Waals surface area contributed by atoms with Gasteiger partial charge in [0.25, 0.3) is 0 Å². The van der Waals surface area contributed by atoms with E-state index in [1.54, 1.807) is 0 Å². The zero-order valence-corrected chi connectivity index (χ0v) is 12.2. The third-order valence-corrected chi connectivity index (χ3v) is 4.83. The van der Waals surface area contributed by atoms with Crippen LogP contribution in [-0.4, -0.2) is 32.6 Å². The van der Waals surface area contributed by atoms with E-state index in [-0.39, 0.29) is 11.9 Å². The summed E-state index contributed by atoms with van der Waals surface area (Å²) in [4.78, 5) is 11.9. The van der Waals surface area contributed by atoms with Crippen LogP contribution in [0, 0.1) is 5.92 Å². The quantitative estimate of drug-likeness (QED) is 0.578. The van der Waals surface area contributed by atoms with Crippen LogP contribution in [-0.2, 0) is 9.53 Å². The topological polar surface area (TPSA) is 26.3 Å². The summed E-state index contributed by atoms with van der Waals surface area (Å²) in [5.74, 6) is -0.0777. The summed E-state index contributed by atoms with van der Waals surface area (Å²) in [6.07, 6.45) is 8.43. The molecule has 1 unspecified atom stereocenters. The van der Waals surface area contributed by atoms with Gasteiger partial charge in [-0.25, -0.2) is 0 Å². The van der Waals surface area contributed by atoms with Crippen LogP contribution < -0.4 is 0 Å². The molecular weight excluding hydrogens is 279 g/mol. The zero-order chi connectivity index (χ0) is 12.3. The molecule has 2 nitrogen and oxygen atoms in total. The van der Waals surface area contributed by atoms with Gasteiger partial charge in [0.05, 0.1) is 0 Å². The van der Waals surface area contributed by atoms with Gasteiger partial charge in [-0.1, -0.05) is 0 Å². The number of hydrogen-bond donors (Lipinski definition) is 0. The first kappa shape index (κ1) is 13.0. The Morgan fingerprint density at radius 2 is 2.00 bits per heavy atom. The fourth-order valence-electron chi connectivity index (χ4n) is 2.83. The van der Waals surface area contributed by atoms with E-state index in [2.05, 4.69) is 15.6 Å². The number of rotatable bonds is 2. The van der Waals surface area contributed by atoms with Crippen molar-refractivity contribution in [2.75, 3.05) is 6.61 Å². The van der Waals surface area contributed by atoms with Crippen molar-refractivity contribution in [3.05, 3.63) is 11.1 Å². The third kappa shape index (κ3) is 2.89. The van der Waals surface area contributed by atoms with E-state index < -0.39 is 0 Å². The van der Waals surface area contributed by atoms with Gasteiger partial charge >= 0.3 is 111 Å². The molecule has 0 bridgehead atoms. The molecule has 0 fully saturated rings. The molecule has 0 aliphatic heterocycles. The van der Waals surface area contributed by atoms with Gasteiger partial charge in [-0.15, -0.1) is 0 Å². The van der Waals surface area contributed by atoms with Gasteiger partial charge < -0.3 is 0 Å². The van der Waals surface area contributed by atoms with E-state index >= 15 is 0 Å². The van der Waals surface area contributed by atoms with E-state index in [1.165, 1.54) is 47.7 Å². The Bertz CT molecular complexity index is 357. The van der Waals surface area contributed by atoms with Gasteiger partial charge in [-0.05, 0) is 0 Å². The van der Waals surface area contributed by atoms with Crippen molar-refractivity contribution < 1.29 is 9.53 Å². The molecule has 0 aromatic carbocycles. The maximum absolute atomic E-state index is 11.9. The minimum atomic E-state index is -0.0482. The van der Waals surface area contributed by atoms with Crippen molar-refractivity contribution in [3.8, 4) is 0 Å². The molecule has 2 aliphatic carbocycles. The maximum atomic E-state index is 11.9. The van der Waals surface area contributed by atoms with Gasteiger partial charge in [0.1, 0.15) is 0 Å². The van der Waals surface area contributed by atoms with Crippen LogP contribution in [0.2, 0.25) is 0 Å². The molecule has 94 valence electrons. The summed E-state index contributed by atoms with van der Waals surface area (Å²) in [6.45, 7) is 2.35. The predicted molar refractivity (Wildman–Crippen MR) is 70.2 cm³/mol. The van der Waals surface area contributed by atoms with Crippen LogP contribution in [0.15, 0.2) is 11.1 Å². The Labute approximate surface area is 111 Å². The number of ether oxygens (including phenoxy) is 1. The Morgan fingerprint density at radius 3 is 2.71 bits per heavy atom. The molecule has 0 N–H and O–H groups in total. The average Bonchev–Trinajstić information content (AvgIpc) is 2.55. The second kappa shape index (κ2) is 5.97. The van der Waals surface area contributed by atoms with E-state index in [1.807, 2.05) is 6.92 Å². The first-order valence-corrected chi connectivity index (χ1v) is 7.51. The van der Waals surface area contributed by atoms with Crippen LogP contribution in [0.25, 0.3) is 0 Å². The Balaban J connectivity index is 2.09. The molecule has 1 atom stereocenters. The second-order valence-electron chi connectivity index (χ2n) is 4.87. The van der Waals surface area contributed by atoms with Gasteiger partial charge in [-0.3, -0.25) is 0 Å². The summed E-state index contributed by atoms with van der Waals surface area (Å²) >= 11 is 3.13. The monoisotopic (exact) mass is 300 g/mol. The molecule has 17 heavy (non-hydrogen) atoms. The van der Waals surface area contributed by atoms with Crippen molar-refractivity contribution in [2.45, 2.75) is 51.9 Å². The van der Waals surface area contributed by atoms with Crippen molar-refractivity contribution in [1.82, 2.24) is 0 Å². The normalized spacial score (nSPS) is 25.2. The zero-order valence-electron chi connectivity index (χ0n) is 10.5. The summed E-state index contributed by atoms with van der Waals surface area (Å²) < 4.78 is 6.33. The predicted octanol–water partition coefficient (Wildman–Crippen LogP) is 2.56. The Hall–Kier alpha value is -0.401. The van der Waals surface area contributed by atoms with E-state index in [0.717, 1.165) is 12.8 Å². The van der Waals surface area contributed by atoms with Crippen LogP contribution in [0.5, 0.6) is 0 Å². The SMILES string of the molecule is CCOC(=O)C1CC2=C(CCCCCC2)C1=[Se]. The van der Waals surface area contributed by atoms with Crippen molar-refractivity contribution in [1.29, 1.82) is 0 Å². The molecule has 0 aromatic rings. The number of carbonyl (C=O) groups excluding carboxylic acids is 1. The molecule has 0 radical (unpaired) electrons. The minimum absolute atomic E-state index is 0.0296. The molecule has 0 saturated heterocycles. The van der Waals surface area contributed by atoms with Crippen molar-refractivity contribution in [2.24, 2.45) is 5.92 Å². The van der Waals surface area contributed by atoms with Crippen molar-refractivity contribution >= 4 is 26.0 Å². The molecule has 0 spiro atoms. The number of esters is 1. The summed E-state index contributed by atoms with van der Waals surface area (Å²) in [6, 6.07) is 0. The molecular formula is C14H20O2Se. The Morgan fingerprint density at radius 1 is 1.29 bits per heavy atom. The van der Waals surface area contributed by atoms with Gasteiger partial charge in [0, 0.05) is 0 Å². The molecule has 0 saturated carbocycles. The van der Waals surface area contributed by atoms with Crippen LogP contribution >= 0.6 is 0 Å². The summed E-state index contributed by atoms with van der Waals surface area (Å²) in [5, 5.41) is 0. The van der Waals surface area contributed by atoms with Crippen molar-refractivity contribution in [3.63, 3.8) is 0 Å². The van der Waals surface area contributed by atoms with Gasteiger partial charge in [-0.2, -0.15) is 0 Å². The average molecular weight is 299 g/mol. The Kier molecular flexibility index (Phi) is 4.58. The fraction of sp³-hybridized carbons (Fsp3) is 0.714. The molecule has 3 heteroatoms. The molecule has 2 rings (SSSR count). The van der Waals surface area contributed by atoms with Crippen LogP contribution in [0.3, 0.4) is 0 Å². The first-order chi connectivity index (χ1) is 8.24. The van der Waals surface area contributed by atoms with Crippen LogP contribution in [0.1, 0.15) is 51.9 Å². The molecule has 0 aromatic heterocycles. The first-order valence-electron chi connectivity index (χ1n) is 6.65. The standard InChI is InChI=1S/C14H20O2Se/c1-2-16-14(15)12-9-10-7-5-3-4-6-8-11(10)13(12)17/h12H,2-9H2,1H3. The molecule has 0 amide bonds. The summed E-state index contributed by atoms with van der Waals surface area (Å²) in [5.41, 5.74) is 2.96. The third-order valence-electron chi connectivity index (χ3n) is 3.72. The summed E-state index contributed by atoms with van der Waals surface area (Å²) in [7, 11) is 0. The van der Waals surface area contributed by atoms with E-state index in [0.29, 0.717) is 6.61 Å². The second-order valence-corrected chi connectivity index (χ2v) is 5.79. The van der Waals surface area contributed by atoms with Crippen LogP contribution in [0.4, 0.5) is 0 Å². The van der Waals surface area contributed by atoms with Gasteiger partial charge in [0.2, 0.25) is 0 Å². The molecule has 2 aliphatic rings. The fourth-order valence-corrected chi connectivity index (χ4v) is 3.72. The molecule has 0 heterocycles. The van der Waals surface area contributed by atoms with E-state index in [9.17, 15) is 4.79 Å². The van der Waals surface area contributed by atoms with E-state index in [4.69, 9.17) is 4.74 Å². The number of hydrogen-bond acceptors (Lipinski definition) is 2. The number of carbonyl (C=O) groups is 1. The van der Waals surface area contributed by atoms with Gasteiger partial charge in [0.15, 0.2) is 0 Å². The number of allylic oxidation sites excluding steroid dienone is 2.